The number of carbonyl (C=O) groups excluding carboxylic acids is 2. The molecule has 5 rings (SSSR count). The van der Waals surface area contributed by atoms with Gasteiger partial charge in [0, 0.05) is 29.7 Å². The molecular weight excluding hydrogens is 516 g/mol. The topological polar surface area (TPSA) is 93.1 Å². The average Bonchev–Trinajstić information content (AvgIpc) is 3.48. The summed E-state index contributed by atoms with van der Waals surface area (Å²) in [7, 11) is 0. The highest BCUT2D eigenvalue weighted by Gasteiger charge is 2.69. The maximum absolute atomic E-state index is 13.1. The second-order valence-electron chi connectivity index (χ2n) is 14.8. The van der Waals surface area contributed by atoms with Gasteiger partial charge in [-0.05, 0) is 80.6 Å². The molecule has 4 aliphatic carbocycles. The van der Waals surface area contributed by atoms with Crippen molar-refractivity contribution in [3.63, 3.8) is 0 Å². The molecule has 41 heavy (non-hydrogen) atoms. The van der Waals surface area contributed by atoms with Crippen LogP contribution in [0.3, 0.4) is 0 Å². The third kappa shape index (κ3) is 5.78. The summed E-state index contributed by atoms with van der Waals surface area (Å²) in [4.78, 5) is 25.0. The molecule has 6 heteroatoms. The Morgan fingerprint density at radius 3 is 2.34 bits per heavy atom. The molecule has 6 nitrogen and oxygen atoms in total. The summed E-state index contributed by atoms with van der Waals surface area (Å²) in [6, 6.07) is 0. The van der Waals surface area contributed by atoms with E-state index in [-0.39, 0.29) is 46.6 Å². The number of aliphatic hydroxyl groups excluding tert-OH is 1. The average molecular weight is 573 g/mol. The van der Waals surface area contributed by atoms with Crippen molar-refractivity contribution < 1.29 is 29.3 Å². The van der Waals surface area contributed by atoms with Crippen molar-refractivity contribution in [1.29, 1.82) is 0 Å². The van der Waals surface area contributed by atoms with Crippen LogP contribution in [0.4, 0.5) is 0 Å². The van der Waals surface area contributed by atoms with E-state index in [4.69, 9.17) is 9.47 Å². The molecule has 0 aromatic rings. The predicted molar refractivity (Wildman–Crippen MR) is 159 cm³/mol. The highest BCUT2D eigenvalue weighted by Crippen LogP contribution is 2.70. The first-order chi connectivity index (χ1) is 19.6. The summed E-state index contributed by atoms with van der Waals surface area (Å²) in [5.41, 5.74) is -0.275. The number of aliphatic hydroxyl groups is 2. The minimum Gasteiger partial charge on any atom is -0.462 e. The summed E-state index contributed by atoms with van der Waals surface area (Å²) in [6.45, 7) is 7.15. The second kappa shape index (κ2) is 12.7. The van der Waals surface area contributed by atoms with Crippen molar-refractivity contribution in [2.75, 3.05) is 6.61 Å². The molecule has 1 heterocycles. The van der Waals surface area contributed by atoms with Gasteiger partial charge in [0.15, 0.2) is 0 Å². The standard InChI is InChI=1S/C35H56O6/c1-4-5-6-7-8-9-10-11-12-13-31(37)41-30-22-26(36)21-25-14-15-29-28(34(25,30)3)16-18-33(2)27(17-19-35(29,33)39)24-20-32(38)40-23-24/h20,25-30,36,39H,4-19,21-23H2,1-3H3/t25-,26+,27-,28+,29-,30?,33-,34+,35+/m1/s1. The summed E-state index contributed by atoms with van der Waals surface area (Å²) in [5, 5.41) is 23.3. The van der Waals surface area contributed by atoms with Crippen LogP contribution in [-0.2, 0) is 19.1 Å². The van der Waals surface area contributed by atoms with Gasteiger partial charge in [-0.2, -0.15) is 0 Å². The Morgan fingerprint density at radius 2 is 1.66 bits per heavy atom. The van der Waals surface area contributed by atoms with Gasteiger partial charge < -0.3 is 19.7 Å². The second-order valence-corrected chi connectivity index (χ2v) is 14.8. The molecule has 0 aromatic heterocycles. The number of unbranched alkanes of at least 4 members (excludes halogenated alkanes) is 8. The molecule has 0 saturated heterocycles. The minimum atomic E-state index is -0.803. The first-order valence-electron chi connectivity index (χ1n) is 17.1. The van der Waals surface area contributed by atoms with Crippen molar-refractivity contribution in [1.82, 2.24) is 0 Å². The zero-order valence-electron chi connectivity index (χ0n) is 26.0. The number of cyclic esters (lactones) is 1. The van der Waals surface area contributed by atoms with E-state index in [2.05, 4.69) is 20.8 Å². The van der Waals surface area contributed by atoms with E-state index in [1.165, 1.54) is 44.9 Å². The molecule has 0 amide bonds. The Hall–Kier alpha value is -1.40. The number of rotatable bonds is 12. The number of hydrogen-bond acceptors (Lipinski definition) is 6. The van der Waals surface area contributed by atoms with Crippen LogP contribution in [0.25, 0.3) is 0 Å². The van der Waals surface area contributed by atoms with Crippen molar-refractivity contribution in [2.24, 2.45) is 34.5 Å². The van der Waals surface area contributed by atoms with E-state index in [0.29, 0.717) is 25.4 Å². The molecular formula is C35H56O6. The lowest BCUT2D eigenvalue weighted by atomic mass is 9.42. The van der Waals surface area contributed by atoms with Crippen molar-refractivity contribution >= 4 is 11.9 Å². The molecule has 1 aliphatic heterocycles. The van der Waals surface area contributed by atoms with Crippen molar-refractivity contribution in [2.45, 2.75) is 154 Å². The smallest absolute Gasteiger partial charge is 0.331 e. The van der Waals surface area contributed by atoms with E-state index < -0.39 is 11.7 Å². The normalized spacial score (nSPS) is 41.7. The van der Waals surface area contributed by atoms with Gasteiger partial charge in [0.2, 0.25) is 0 Å². The maximum atomic E-state index is 13.1. The Bertz CT molecular complexity index is 976. The van der Waals surface area contributed by atoms with Crippen LogP contribution >= 0.6 is 0 Å². The van der Waals surface area contributed by atoms with Gasteiger partial charge in [-0.3, -0.25) is 4.79 Å². The molecule has 0 bridgehead atoms. The van der Waals surface area contributed by atoms with E-state index in [1.807, 2.05) is 0 Å². The first kappa shape index (κ1) is 31.0. The molecule has 0 radical (unpaired) electrons. The highest BCUT2D eigenvalue weighted by molar-refractivity contribution is 5.85. The lowest BCUT2D eigenvalue weighted by Crippen LogP contribution is -2.65. The molecule has 9 atom stereocenters. The zero-order valence-corrected chi connectivity index (χ0v) is 26.0. The third-order valence-corrected chi connectivity index (χ3v) is 12.8. The number of hydrogen-bond donors (Lipinski definition) is 2. The summed E-state index contributed by atoms with van der Waals surface area (Å²) in [6.07, 6.45) is 19.0. The highest BCUT2D eigenvalue weighted by atomic mass is 16.5. The Morgan fingerprint density at radius 1 is 0.951 bits per heavy atom. The summed E-state index contributed by atoms with van der Waals surface area (Å²) in [5.74, 6) is 0.488. The van der Waals surface area contributed by atoms with E-state index in [0.717, 1.165) is 63.4 Å². The molecule has 1 unspecified atom stereocenters. The SMILES string of the molecule is CCCCCCCCCCCC(=O)OC1C[C@@H](O)C[C@H]2CC[C@@H]3[C@H](CC[C@]4(C)[C@@H](C5=CC(=O)OC5)CC[C@]34O)[C@@]12C. The number of esters is 2. The quantitative estimate of drug-likeness (QED) is 0.192. The first-order valence-corrected chi connectivity index (χ1v) is 17.1. The van der Waals surface area contributed by atoms with E-state index in [1.54, 1.807) is 6.08 Å². The van der Waals surface area contributed by atoms with Crippen LogP contribution in [0, 0.1) is 34.5 Å². The van der Waals surface area contributed by atoms with Crippen LogP contribution in [0.1, 0.15) is 136 Å². The number of carbonyl (C=O) groups is 2. The third-order valence-electron chi connectivity index (χ3n) is 12.8. The number of fused-ring (bicyclic) bond motifs is 5. The summed E-state index contributed by atoms with van der Waals surface area (Å²) >= 11 is 0. The monoisotopic (exact) mass is 572 g/mol. The van der Waals surface area contributed by atoms with Crippen molar-refractivity contribution in [3.05, 3.63) is 11.6 Å². The maximum Gasteiger partial charge on any atom is 0.331 e. The van der Waals surface area contributed by atoms with E-state index in [9.17, 15) is 19.8 Å². The molecule has 0 spiro atoms. The van der Waals surface area contributed by atoms with Crippen LogP contribution in [0.15, 0.2) is 11.6 Å². The van der Waals surface area contributed by atoms with Gasteiger partial charge in [-0.1, -0.05) is 72.1 Å². The summed E-state index contributed by atoms with van der Waals surface area (Å²) < 4.78 is 11.6. The fourth-order valence-corrected chi connectivity index (χ4v) is 10.4. The van der Waals surface area contributed by atoms with Crippen LogP contribution in [-0.4, -0.2) is 46.6 Å². The van der Waals surface area contributed by atoms with Crippen LogP contribution in [0.2, 0.25) is 0 Å². The fraction of sp³-hybridized carbons (Fsp3) is 0.886. The number of ether oxygens (including phenoxy) is 2. The molecule has 232 valence electrons. The predicted octanol–water partition coefficient (Wildman–Crippen LogP) is 7.05. The molecule has 2 N–H and O–H groups in total. The Balaban J connectivity index is 1.22. The molecule has 5 aliphatic rings. The van der Waals surface area contributed by atoms with Crippen molar-refractivity contribution in [3.8, 4) is 0 Å². The van der Waals surface area contributed by atoms with Gasteiger partial charge in [0.1, 0.15) is 12.7 Å². The lowest BCUT2D eigenvalue weighted by Gasteiger charge is -2.64. The molecule has 0 aromatic carbocycles. The Kier molecular flexibility index (Phi) is 9.60. The Labute approximate surface area is 248 Å². The molecule has 4 saturated carbocycles. The van der Waals surface area contributed by atoms with Gasteiger partial charge in [0.05, 0.1) is 11.7 Å². The minimum absolute atomic E-state index is 0.118. The van der Waals surface area contributed by atoms with Crippen LogP contribution in [0.5, 0.6) is 0 Å². The van der Waals surface area contributed by atoms with Gasteiger partial charge in [-0.15, -0.1) is 0 Å². The largest absolute Gasteiger partial charge is 0.462 e. The van der Waals surface area contributed by atoms with Gasteiger partial charge in [0.25, 0.3) is 0 Å². The van der Waals surface area contributed by atoms with E-state index >= 15 is 0 Å². The fourth-order valence-electron chi connectivity index (χ4n) is 10.4. The van der Waals surface area contributed by atoms with Gasteiger partial charge >= 0.3 is 11.9 Å². The molecule has 4 fully saturated rings. The van der Waals surface area contributed by atoms with Gasteiger partial charge in [-0.25, -0.2) is 4.79 Å². The zero-order chi connectivity index (χ0) is 29.3. The lowest BCUT2D eigenvalue weighted by molar-refractivity contribution is -0.237. The van der Waals surface area contributed by atoms with Crippen LogP contribution < -0.4 is 0 Å².